The molecule has 0 heteroatoms. The molecule has 58 valence electrons. The lowest BCUT2D eigenvalue weighted by Crippen LogP contribution is -2.28. The van der Waals surface area contributed by atoms with Crippen LogP contribution in [0.5, 0.6) is 0 Å². The van der Waals surface area contributed by atoms with E-state index < -0.39 is 0 Å². The molecule has 2 fully saturated rings. The molecule has 0 aromatic rings. The standard InChI is InChI=1S/C10H18/c1-7-8-4-5-9(6-8)10(7,2)3/h7-9H,4-6H2,1-3H3/t7-,8-,9-/m0/s1. The number of rotatable bonds is 0. The Kier molecular flexibility index (Phi) is 1.19. The van der Waals surface area contributed by atoms with E-state index in [0.717, 1.165) is 17.8 Å². The molecular formula is C10H18. The number of fused-ring (bicyclic) bond motifs is 2. The summed E-state index contributed by atoms with van der Waals surface area (Å²) in [6.45, 7) is 7.37. The Balaban J connectivity index is 2.25. The van der Waals surface area contributed by atoms with Crippen LogP contribution in [-0.2, 0) is 0 Å². The van der Waals surface area contributed by atoms with Gasteiger partial charge in [-0.05, 0) is 42.4 Å². The number of hydrogen-bond acceptors (Lipinski definition) is 0. The van der Waals surface area contributed by atoms with Crippen LogP contribution >= 0.6 is 0 Å². The fourth-order valence-electron chi connectivity index (χ4n) is 3.13. The Morgan fingerprint density at radius 1 is 1.20 bits per heavy atom. The summed E-state index contributed by atoms with van der Waals surface area (Å²) >= 11 is 0. The van der Waals surface area contributed by atoms with Crippen molar-refractivity contribution in [1.29, 1.82) is 0 Å². The van der Waals surface area contributed by atoms with Crippen LogP contribution in [0.3, 0.4) is 0 Å². The van der Waals surface area contributed by atoms with Crippen LogP contribution in [0.15, 0.2) is 0 Å². The SMILES string of the molecule is C[C@H]1[C@H]2CC[C@@H](C2)C1(C)C. The Morgan fingerprint density at radius 2 is 1.90 bits per heavy atom. The Bertz CT molecular complexity index is 142. The largest absolute Gasteiger partial charge is 0.0617 e. The molecule has 2 aliphatic rings. The summed E-state index contributed by atoms with van der Waals surface area (Å²) in [5, 5.41) is 0. The second-order valence-corrected chi connectivity index (χ2v) is 4.88. The van der Waals surface area contributed by atoms with Gasteiger partial charge in [-0.1, -0.05) is 20.8 Å². The number of hydrogen-bond donors (Lipinski definition) is 0. The van der Waals surface area contributed by atoms with Crippen molar-refractivity contribution in [3.63, 3.8) is 0 Å². The molecule has 10 heavy (non-hydrogen) atoms. The first-order valence-electron chi connectivity index (χ1n) is 4.62. The van der Waals surface area contributed by atoms with Crippen LogP contribution < -0.4 is 0 Å². The van der Waals surface area contributed by atoms with Crippen molar-refractivity contribution < 1.29 is 0 Å². The monoisotopic (exact) mass is 138 g/mol. The highest BCUT2D eigenvalue weighted by Crippen LogP contribution is 2.58. The maximum absolute atomic E-state index is 2.46. The zero-order valence-corrected chi connectivity index (χ0v) is 7.35. The van der Waals surface area contributed by atoms with Crippen LogP contribution in [0.25, 0.3) is 0 Å². The molecule has 0 N–H and O–H groups in total. The molecule has 0 aliphatic heterocycles. The normalized spacial score (nSPS) is 50.1. The maximum Gasteiger partial charge on any atom is -0.0297 e. The second kappa shape index (κ2) is 1.78. The van der Waals surface area contributed by atoms with Gasteiger partial charge < -0.3 is 0 Å². The van der Waals surface area contributed by atoms with Gasteiger partial charge in [-0.2, -0.15) is 0 Å². The molecule has 0 aromatic heterocycles. The van der Waals surface area contributed by atoms with Gasteiger partial charge in [0.25, 0.3) is 0 Å². The minimum atomic E-state index is 0.670. The van der Waals surface area contributed by atoms with E-state index in [0.29, 0.717) is 5.41 Å². The molecule has 2 rings (SSSR count). The summed E-state index contributed by atoms with van der Waals surface area (Å²) in [6, 6.07) is 0. The highest BCUT2D eigenvalue weighted by molar-refractivity contribution is 4.99. The minimum Gasteiger partial charge on any atom is -0.0617 e. The van der Waals surface area contributed by atoms with Crippen molar-refractivity contribution >= 4 is 0 Å². The zero-order valence-electron chi connectivity index (χ0n) is 7.35. The molecule has 0 amide bonds. The summed E-state index contributed by atoms with van der Waals surface area (Å²) in [5.74, 6) is 3.14. The van der Waals surface area contributed by atoms with E-state index in [1.807, 2.05) is 0 Å². The van der Waals surface area contributed by atoms with E-state index in [2.05, 4.69) is 20.8 Å². The molecule has 0 radical (unpaired) electrons. The van der Waals surface area contributed by atoms with Crippen LogP contribution in [0.4, 0.5) is 0 Å². The van der Waals surface area contributed by atoms with Crippen molar-refractivity contribution in [2.45, 2.75) is 40.0 Å². The molecule has 2 bridgehead atoms. The zero-order chi connectivity index (χ0) is 7.35. The highest BCUT2D eigenvalue weighted by atomic mass is 14.5. The van der Waals surface area contributed by atoms with Crippen molar-refractivity contribution in [2.24, 2.45) is 23.2 Å². The van der Waals surface area contributed by atoms with Gasteiger partial charge in [0.05, 0.1) is 0 Å². The molecule has 2 aliphatic carbocycles. The molecule has 0 nitrogen and oxygen atoms in total. The van der Waals surface area contributed by atoms with Gasteiger partial charge in [0.15, 0.2) is 0 Å². The van der Waals surface area contributed by atoms with Gasteiger partial charge in [0.1, 0.15) is 0 Å². The fraction of sp³-hybridized carbons (Fsp3) is 1.00. The predicted molar refractivity (Wildman–Crippen MR) is 43.8 cm³/mol. The molecule has 0 unspecified atom stereocenters. The predicted octanol–water partition coefficient (Wildman–Crippen LogP) is 3.08. The lowest BCUT2D eigenvalue weighted by atomic mass is 9.70. The Hall–Kier alpha value is 0. The minimum absolute atomic E-state index is 0.670. The topological polar surface area (TPSA) is 0 Å². The van der Waals surface area contributed by atoms with Crippen molar-refractivity contribution in [1.82, 2.24) is 0 Å². The fourth-order valence-corrected chi connectivity index (χ4v) is 3.13. The van der Waals surface area contributed by atoms with E-state index in [4.69, 9.17) is 0 Å². The maximum atomic E-state index is 2.46. The quantitative estimate of drug-likeness (QED) is 0.482. The van der Waals surface area contributed by atoms with Crippen LogP contribution in [0.2, 0.25) is 0 Å². The summed E-state index contributed by atoms with van der Waals surface area (Å²) in [5.41, 5.74) is 0.670. The molecule has 3 atom stereocenters. The molecular weight excluding hydrogens is 120 g/mol. The van der Waals surface area contributed by atoms with Gasteiger partial charge in [0.2, 0.25) is 0 Å². The Labute approximate surface area is 64.0 Å². The average Bonchev–Trinajstić information content (AvgIpc) is 2.37. The summed E-state index contributed by atoms with van der Waals surface area (Å²) in [4.78, 5) is 0. The first kappa shape index (κ1) is 6.69. The average molecular weight is 138 g/mol. The van der Waals surface area contributed by atoms with Crippen LogP contribution in [0, 0.1) is 23.2 Å². The van der Waals surface area contributed by atoms with Crippen molar-refractivity contribution in [2.75, 3.05) is 0 Å². The lowest BCUT2D eigenvalue weighted by molar-refractivity contribution is 0.137. The Morgan fingerprint density at radius 3 is 2.20 bits per heavy atom. The summed E-state index contributed by atoms with van der Waals surface area (Å²) in [6.07, 6.45) is 4.57. The van der Waals surface area contributed by atoms with Gasteiger partial charge in [-0.15, -0.1) is 0 Å². The third-order valence-corrected chi connectivity index (χ3v) is 4.41. The van der Waals surface area contributed by atoms with E-state index in [-0.39, 0.29) is 0 Å². The van der Waals surface area contributed by atoms with Gasteiger partial charge in [-0.25, -0.2) is 0 Å². The van der Waals surface area contributed by atoms with Crippen LogP contribution in [-0.4, -0.2) is 0 Å². The summed E-state index contributed by atoms with van der Waals surface area (Å²) < 4.78 is 0. The smallest absolute Gasteiger partial charge is 0.0297 e. The lowest BCUT2D eigenvalue weighted by Gasteiger charge is -2.35. The van der Waals surface area contributed by atoms with Crippen molar-refractivity contribution in [3.05, 3.63) is 0 Å². The summed E-state index contributed by atoms with van der Waals surface area (Å²) in [7, 11) is 0. The molecule has 0 aromatic carbocycles. The van der Waals surface area contributed by atoms with E-state index in [1.54, 1.807) is 0 Å². The second-order valence-electron chi connectivity index (χ2n) is 4.88. The molecule has 0 saturated heterocycles. The molecule has 2 saturated carbocycles. The first-order valence-corrected chi connectivity index (χ1v) is 4.62. The third-order valence-electron chi connectivity index (χ3n) is 4.41. The van der Waals surface area contributed by atoms with Gasteiger partial charge in [-0.3, -0.25) is 0 Å². The van der Waals surface area contributed by atoms with Gasteiger partial charge >= 0.3 is 0 Å². The van der Waals surface area contributed by atoms with E-state index in [9.17, 15) is 0 Å². The highest BCUT2D eigenvalue weighted by Gasteiger charge is 2.50. The first-order chi connectivity index (χ1) is 4.62. The molecule has 0 heterocycles. The third kappa shape index (κ3) is 0.627. The van der Waals surface area contributed by atoms with Gasteiger partial charge in [0, 0.05) is 0 Å². The van der Waals surface area contributed by atoms with Crippen molar-refractivity contribution in [3.8, 4) is 0 Å². The van der Waals surface area contributed by atoms with E-state index in [1.165, 1.54) is 19.3 Å². The van der Waals surface area contributed by atoms with Crippen LogP contribution in [0.1, 0.15) is 40.0 Å². The van der Waals surface area contributed by atoms with E-state index >= 15 is 0 Å². The molecule has 0 spiro atoms.